The van der Waals surface area contributed by atoms with E-state index >= 15 is 0 Å². The number of carbonyl (C=O) groups excluding carboxylic acids is 2. The van der Waals surface area contributed by atoms with Gasteiger partial charge < -0.3 is 16.0 Å². The number of anilines is 1. The van der Waals surface area contributed by atoms with E-state index in [2.05, 4.69) is 16.0 Å². The Bertz CT molecular complexity index is 970. The van der Waals surface area contributed by atoms with Crippen molar-refractivity contribution in [3.05, 3.63) is 76.0 Å². The summed E-state index contributed by atoms with van der Waals surface area (Å²) in [4.78, 5) is 24.9. The molecule has 0 spiro atoms. The number of amides is 3. The van der Waals surface area contributed by atoms with Crippen LogP contribution in [-0.4, -0.2) is 11.9 Å². The second-order valence-electron chi connectivity index (χ2n) is 6.44. The summed E-state index contributed by atoms with van der Waals surface area (Å²) in [5.41, 5.74) is 3.59. The summed E-state index contributed by atoms with van der Waals surface area (Å²) in [5.74, 6) is -2.57. The minimum atomic E-state index is -1.06. The number of allylic oxidation sites excluding steroid dienone is 1. The van der Waals surface area contributed by atoms with Crippen LogP contribution in [0, 0.1) is 25.5 Å². The predicted molar refractivity (Wildman–Crippen MR) is 98.0 cm³/mol. The first-order valence-corrected chi connectivity index (χ1v) is 8.38. The molecule has 3 amide bonds. The van der Waals surface area contributed by atoms with Crippen molar-refractivity contribution in [1.82, 2.24) is 10.6 Å². The van der Waals surface area contributed by atoms with Crippen molar-refractivity contribution in [3.8, 4) is 0 Å². The fourth-order valence-electron chi connectivity index (χ4n) is 3.09. The smallest absolute Gasteiger partial charge is 0.319 e. The fourth-order valence-corrected chi connectivity index (χ4v) is 3.09. The lowest BCUT2D eigenvalue weighted by atomic mass is 9.90. The van der Waals surface area contributed by atoms with Gasteiger partial charge in [-0.25, -0.2) is 13.6 Å². The molecule has 1 atom stereocenters. The Hall–Kier alpha value is -3.22. The van der Waals surface area contributed by atoms with Crippen molar-refractivity contribution in [2.75, 3.05) is 5.32 Å². The lowest BCUT2D eigenvalue weighted by Gasteiger charge is -2.30. The van der Waals surface area contributed by atoms with E-state index < -0.39 is 29.6 Å². The van der Waals surface area contributed by atoms with Gasteiger partial charge in [-0.05, 0) is 49.6 Å². The Labute approximate surface area is 155 Å². The summed E-state index contributed by atoms with van der Waals surface area (Å²) in [6.45, 7) is 5.48. The Morgan fingerprint density at radius 2 is 1.81 bits per heavy atom. The van der Waals surface area contributed by atoms with Crippen LogP contribution >= 0.6 is 0 Å². The van der Waals surface area contributed by atoms with Crippen LogP contribution in [0.25, 0.3) is 0 Å². The summed E-state index contributed by atoms with van der Waals surface area (Å²) in [6.07, 6.45) is 0. The van der Waals surface area contributed by atoms with Gasteiger partial charge in [-0.3, -0.25) is 4.79 Å². The molecule has 0 saturated heterocycles. The van der Waals surface area contributed by atoms with Crippen molar-refractivity contribution in [2.24, 2.45) is 0 Å². The molecule has 27 heavy (non-hydrogen) atoms. The quantitative estimate of drug-likeness (QED) is 0.767. The van der Waals surface area contributed by atoms with Gasteiger partial charge in [0.1, 0.15) is 0 Å². The highest BCUT2D eigenvalue weighted by Gasteiger charge is 2.32. The molecule has 0 aliphatic carbocycles. The van der Waals surface area contributed by atoms with Crippen LogP contribution in [0.3, 0.4) is 0 Å². The van der Waals surface area contributed by atoms with Gasteiger partial charge in [0.25, 0.3) is 5.91 Å². The number of aryl methyl sites for hydroxylation is 1. The van der Waals surface area contributed by atoms with E-state index in [0.29, 0.717) is 11.3 Å². The van der Waals surface area contributed by atoms with E-state index in [4.69, 9.17) is 0 Å². The van der Waals surface area contributed by atoms with Crippen LogP contribution in [0.5, 0.6) is 0 Å². The largest absolute Gasteiger partial charge is 0.327 e. The summed E-state index contributed by atoms with van der Waals surface area (Å²) < 4.78 is 26.5. The standard InChI is InChI=1S/C20H19F2N3O2/c1-10-5-4-6-14(11(10)2)18-17(12(3)23-20(27)25-18)19(26)24-13-7-8-15(21)16(22)9-13/h4-9,18H,1-3H3,(H,24,26)(H2,23,25,27). The van der Waals surface area contributed by atoms with Gasteiger partial charge in [0.15, 0.2) is 11.6 Å². The molecule has 1 aliphatic rings. The monoisotopic (exact) mass is 371 g/mol. The summed E-state index contributed by atoms with van der Waals surface area (Å²) in [6, 6.07) is 7.68. The highest BCUT2D eigenvalue weighted by atomic mass is 19.2. The van der Waals surface area contributed by atoms with Gasteiger partial charge in [0.2, 0.25) is 0 Å². The maximum Gasteiger partial charge on any atom is 0.319 e. The maximum atomic E-state index is 13.4. The van der Waals surface area contributed by atoms with Crippen molar-refractivity contribution in [2.45, 2.75) is 26.8 Å². The first kappa shape index (κ1) is 18.6. The average Bonchev–Trinajstić information content (AvgIpc) is 2.59. The highest BCUT2D eigenvalue weighted by molar-refractivity contribution is 6.06. The third kappa shape index (κ3) is 3.67. The van der Waals surface area contributed by atoms with Gasteiger partial charge in [0, 0.05) is 17.5 Å². The summed E-state index contributed by atoms with van der Waals surface area (Å²) >= 11 is 0. The van der Waals surface area contributed by atoms with Crippen LogP contribution in [0.2, 0.25) is 0 Å². The zero-order valence-corrected chi connectivity index (χ0v) is 15.1. The zero-order chi connectivity index (χ0) is 19.7. The lowest BCUT2D eigenvalue weighted by molar-refractivity contribution is -0.113. The molecule has 1 heterocycles. The van der Waals surface area contributed by atoms with E-state index in [-0.39, 0.29) is 5.69 Å². The van der Waals surface area contributed by atoms with Crippen LogP contribution in [0.1, 0.15) is 29.7 Å². The SMILES string of the molecule is CC1=C(C(=O)Nc2ccc(F)c(F)c2)C(c2cccc(C)c2C)NC(=O)N1. The summed E-state index contributed by atoms with van der Waals surface area (Å²) in [7, 11) is 0. The van der Waals surface area contributed by atoms with Gasteiger partial charge in [-0.15, -0.1) is 0 Å². The first-order chi connectivity index (χ1) is 12.8. The molecule has 2 aromatic rings. The van der Waals surface area contributed by atoms with Crippen molar-refractivity contribution >= 4 is 17.6 Å². The second kappa shape index (κ2) is 7.19. The lowest BCUT2D eigenvalue weighted by Crippen LogP contribution is -2.46. The topological polar surface area (TPSA) is 70.2 Å². The van der Waals surface area contributed by atoms with Gasteiger partial charge in [0.05, 0.1) is 11.6 Å². The molecule has 1 aliphatic heterocycles. The van der Waals surface area contributed by atoms with Crippen molar-refractivity contribution in [1.29, 1.82) is 0 Å². The molecule has 140 valence electrons. The minimum absolute atomic E-state index is 0.121. The minimum Gasteiger partial charge on any atom is -0.327 e. The molecule has 3 rings (SSSR count). The fraction of sp³-hybridized carbons (Fsp3) is 0.200. The van der Waals surface area contributed by atoms with E-state index in [1.807, 2.05) is 32.0 Å². The number of hydrogen-bond acceptors (Lipinski definition) is 2. The van der Waals surface area contributed by atoms with Crippen LogP contribution in [0.15, 0.2) is 47.7 Å². The molecule has 2 aromatic carbocycles. The number of urea groups is 1. The second-order valence-corrected chi connectivity index (χ2v) is 6.44. The molecule has 1 unspecified atom stereocenters. The van der Waals surface area contributed by atoms with E-state index in [0.717, 1.165) is 28.8 Å². The average molecular weight is 371 g/mol. The molecule has 0 radical (unpaired) electrons. The van der Waals surface area contributed by atoms with E-state index in [1.165, 1.54) is 6.07 Å². The molecule has 0 fully saturated rings. The van der Waals surface area contributed by atoms with Gasteiger partial charge >= 0.3 is 6.03 Å². The number of rotatable bonds is 3. The molecular weight excluding hydrogens is 352 g/mol. The Balaban J connectivity index is 1.99. The maximum absolute atomic E-state index is 13.4. The Morgan fingerprint density at radius 3 is 2.52 bits per heavy atom. The van der Waals surface area contributed by atoms with Crippen LogP contribution < -0.4 is 16.0 Å². The molecule has 5 nitrogen and oxygen atoms in total. The normalized spacial score (nSPS) is 16.6. The third-order valence-corrected chi connectivity index (χ3v) is 4.65. The number of halogens is 2. The predicted octanol–water partition coefficient (Wildman–Crippen LogP) is 3.85. The Kier molecular flexibility index (Phi) is 4.94. The molecule has 0 aromatic heterocycles. The molecule has 7 heteroatoms. The molecule has 0 saturated carbocycles. The van der Waals surface area contributed by atoms with E-state index in [9.17, 15) is 18.4 Å². The molecule has 3 N–H and O–H groups in total. The van der Waals surface area contributed by atoms with Gasteiger partial charge in [-0.1, -0.05) is 18.2 Å². The number of carbonyl (C=O) groups is 2. The van der Waals surface area contributed by atoms with Crippen molar-refractivity contribution in [3.63, 3.8) is 0 Å². The summed E-state index contributed by atoms with van der Waals surface area (Å²) in [5, 5.41) is 7.91. The number of hydrogen-bond donors (Lipinski definition) is 3. The number of nitrogens with one attached hydrogen (secondary N) is 3. The zero-order valence-electron chi connectivity index (χ0n) is 15.1. The van der Waals surface area contributed by atoms with Gasteiger partial charge in [-0.2, -0.15) is 0 Å². The Morgan fingerprint density at radius 1 is 1.07 bits per heavy atom. The van der Waals surface area contributed by atoms with Crippen molar-refractivity contribution < 1.29 is 18.4 Å². The third-order valence-electron chi connectivity index (χ3n) is 4.65. The first-order valence-electron chi connectivity index (χ1n) is 8.38. The number of benzene rings is 2. The van der Waals surface area contributed by atoms with Crippen LogP contribution in [0.4, 0.5) is 19.3 Å². The molecule has 0 bridgehead atoms. The van der Waals surface area contributed by atoms with Crippen LogP contribution in [-0.2, 0) is 4.79 Å². The highest BCUT2D eigenvalue weighted by Crippen LogP contribution is 2.31. The van der Waals surface area contributed by atoms with E-state index in [1.54, 1.807) is 6.92 Å². The molecular formula is C20H19F2N3O2.